The van der Waals surface area contributed by atoms with E-state index in [1.54, 1.807) is 0 Å². The van der Waals surface area contributed by atoms with Gasteiger partial charge >= 0.3 is 0 Å². The Balaban J connectivity index is 2.92. The van der Waals surface area contributed by atoms with E-state index in [-0.39, 0.29) is 0 Å². The predicted octanol–water partition coefficient (Wildman–Crippen LogP) is 5.47. The standard InChI is InChI=1S/C20H27NO/c1-5-18(6-2)19(15-16-21-7-3)12-9-17-10-13-20(14-11-17)22-8-4/h5,9-16H,6-8H2,1-4H3. The number of hydrogen-bond acceptors (Lipinski definition) is 2. The molecule has 0 aromatic heterocycles. The van der Waals surface area contributed by atoms with E-state index in [0.717, 1.165) is 24.3 Å². The normalized spacial score (nSPS) is 13.3. The first kappa shape index (κ1) is 18.0. The Labute approximate surface area is 134 Å². The van der Waals surface area contributed by atoms with Crippen molar-refractivity contribution in [3.63, 3.8) is 0 Å². The maximum atomic E-state index is 5.46. The molecule has 1 aromatic rings. The van der Waals surface area contributed by atoms with Crippen LogP contribution in [0.5, 0.6) is 5.75 Å². The minimum atomic E-state index is 0.694. The molecule has 0 spiro atoms. The first-order valence-electron chi connectivity index (χ1n) is 8.01. The Bertz CT molecular complexity index is 548. The van der Waals surface area contributed by atoms with Crippen molar-refractivity contribution in [2.45, 2.75) is 34.1 Å². The molecule has 0 saturated heterocycles. The van der Waals surface area contributed by atoms with Gasteiger partial charge in [-0.2, -0.15) is 0 Å². The molecule has 0 aliphatic heterocycles. The van der Waals surface area contributed by atoms with E-state index in [4.69, 9.17) is 4.74 Å². The quantitative estimate of drug-likeness (QED) is 0.460. The molecule has 0 amide bonds. The minimum Gasteiger partial charge on any atom is -0.494 e. The lowest BCUT2D eigenvalue weighted by molar-refractivity contribution is 0.340. The SMILES string of the molecule is CC=C(CC)C(C=Cc1ccc(OCC)cc1)=CC=NCC. The van der Waals surface area contributed by atoms with Gasteiger partial charge in [-0.05, 0) is 62.1 Å². The summed E-state index contributed by atoms with van der Waals surface area (Å²) in [6, 6.07) is 8.14. The third kappa shape index (κ3) is 6.13. The van der Waals surface area contributed by atoms with Gasteiger partial charge in [-0.25, -0.2) is 0 Å². The Morgan fingerprint density at radius 1 is 1.14 bits per heavy atom. The summed E-state index contributed by atoms with van der Waals surface area (Å²) >= 11 is 0. The molecule has 0 N–H and O–H groups in total. The molecule has 0 bridgehead atoms. The first-order chi connectivity index (χ1) is 10.7. The van der Waals surface area contributed by atoms with E-state index in [9.17, 15) is 0 Å². The number of allylic oxidation sites excluding steroid dienone is 5. The number of aliphatic imine (C=N–C) groups is 1. The second-order valence-electron chi connectivity index (χ2n) is 4.77. The van der Waals surface area contributed by atoms with Crippen LogP contribution in [-0.2, 0) is 0 Å². The second-order valence-corrected chi connectivity index (χ2v) is 4.77. The summed E-state index contributed by atoms with van der Waals surface area (Å²) in [6.07, 6.45) is 11.4. The molecule has 0 saturated carbocycles. The van der Waals surface area contributed by atoms with Crippen molar-refractivity contribution < 1.29 is 4.74 Å². The van der Waals surface area contributed by atoms with Crippen LogP contribution >= 0.6 is 0 Å². The summed E-state index contributed by atoms with van der Waals surface area (Å²) in [5, 5.41) is 0. The summed E-state index contributed by atoms with van der Waals surface area (Å²) in [5.74, 6) is 0.910. The number of benzene rings is 1. The van der Waals surface area contributed by atoms with Gasteiger partial charge in [0, 0.05) is 12.8 Å². The lowest BCUT2D eigenvalue weighted by Gasteiger charge is -2.05. The third-order valence-corrected chi connectivity index (χ3v) is 3.29. The second kappa shape index (κ2) is 10.6. The fourth-order valence-electron chi connectivity index (χ4n) is 2.11. The molecule has 0 atom stereocenters. The van der Waals surface area contributed by atoms with Gasteiger partial charge in [0.15, 0.2) is 0 Å². The monoisotopic (exact) mass is 297 g/mol. The summed E-state index contributed by atoms with van der Waals surface area (Å²) in [6.45, 7) is 9.78. The number of ether oxygens (including phenoxy) is 1. The Hall–Kier alpha value is -2.09. The molecule has 22 heavy (non-hydrogen) atoms. The molecule has 1 rings (SSSR count). The van der Waals surface area contributed by atoms with Gasteiger partial charge in [0.2, 0.25) is 0 Å². The Morgan fingerprint density at radius 2 is 1.86 bits per heavy atom. The highest BCUT2D eigenvalue weighted by Crippen LogP contribution is 2.18. The van der Waals surface area contributed by atoms with Gasteiger partial charge in [0.05, 0.1) is 6.61 Å². The molecule has 0 aliphatic carbocycles. The zero-order valence-electron chi connectivity index (χ0n) is 14.2. The molecule has 118 valence electrons. The van der Waals surface area contributed by atoms with Crippen molar-refractivity contribution in [3.8, 4) is 5.75 Å². The highest BCUT2D eigenvalue weighted by molar-refractivity contribution is 5.76. The van der Waals surface area contributed by atoms with Crippen LogP contribution in [0.2, 0.25) is 0 Å². The molecule has 0 aliphatic rings. The average molecular weight is 297 g/mol. The zero-order chi connectivity index (χ0) is 16.2. The van der Waals surface area contributed by atoms with E-state index < -0.39 is 0 Å². The van der Waals surface area contributed by atoms with Crippen molar-refractivity contribution in [1.82, 2.24) is 0 Å². The van der Waals surface area contributed by atoms with Gasteiger partial charge in [-0.1, -0.05) is 37.3 Å². The van der Waals surface area contributed by atoms with E-state index >= 15 is 0 Å². The van der Waals surface area contributed by atoms with Crippen LogP contribution in [0, 0.1) is 0 Å². The lowest BCUT2D eigenvalue weighted by Crippen LogP contribution is -1.90. The van der Waals surface area contributed by atoms with Gasteiger partial charge < -0.3 is 4.74 Å². The van der Waals surface area contributed by atoms with E-state index in [0.29, 0.717) is 6.61 Å². The molecule has 2 heteroatoms. The summed E-state index contributed by atoms with van der Waals surface area (Å²) in [7, 11) is 0. The largest absolute Gasteiger partial charge is 0.494 e. The predicted molar refractivity (Wildman–Crippen MR) is 97.8 cm³/mol. The number of nitrogens with zero attached hydrogens (tertiary/aromatic N) is 1. The maximum absolute atomic E-state index is 5.46. The first-order valence-corrected chi connectivity index (χ1v) is 8.01. The van der Waals surface area contributed by atoms with E-state index in [1.165, 1.54) is 11.1 Å². The fraction of sp³-hybridized carbons (Fsp3) is 0.350. The number of hydrogen-bond donors (Lipinski definition) is 0. The topological polar surface area (TPSA) is 21.6 Å². The lowest BCUT2D eigenvalue weighted by atomic mass is 10.0. The summed E-state index contributed by atoms with van der Waals surface area (Å²) in [4.78, 5) is 4.27. The van der Waals surface area contributed by atoms with Gasteiger partial charge in [-0.15, -0.1) is 0 Å². The summed E-state index contributed by atoms with van der Waals surface area (Å²) in [5.41, 5.74) is 3.69. The van der Waals surface area contributed by atoms with Gasteiger partial charge in [-0.3, -0.25) is 4.99 Å². The highest BCUT2D eigenvalue weighted by atomic mass is 16.5. The van der Waals surface area contributed by atoms with Crippen LogP contribution in [0.1, 0.15) is 39.7 Å². The van der Waals surface area contributed by atoms with Crippen LogP contribution in [0.25, 0.3) is 6.08 Å². The maximum Gasteiger partial charge on any atom is 0.119 e. The van der Waals surface area contributed by atoms with Crippen LogP contribution in [0.4, 0.5) is 0 Å². The molecule has 2 nitrogen and oxygen atoms in total. The third-order valence-electron chi connectivity index (χ3n) is 3.29. The molecular formula is C20H27NO. The minimum absolute atomic E-state index is 0.694. The molecule has 0 radical (unpaired) electrons. The Kier molecular flexibility index (Phi) is 8.66. The molecular weight excluding hydrogens is 270 g/mol. The van der Waals surface area contributed by atoms with Crippen molar-refractivity contribution in [2.24, 2.45) is 4.99 Å². The summed E-state index contributed by atoms with van der Waals surface area (Å²) < 4.78 is 5.46. The smallest absolute Gasteiger partial charge is 0.119 e. The van der Waals surface area contributed by atoms with Crippen LogP contribution in [-0.4, -0.2) is 19.4 Å². The van der Waals surface area contributed by atoms with Gasteiger partial charge in [0.1, 0.15) is 5.75 Å². The van der Waals surface area contributed by atoms with Gasteiger partial charge in [0.25, 0.3) is 0 Å². The fourth-order valence-corrected chi connectivity index (χ4v) is 2.11. The average Bonchev–Trinajstić information content (AvgIpc) is 2.55. The van der Waals surface area contributed by atoms with Crippen LogP contribution in [0.3, 0.4) is 0 Å². The molecule has 0 fully saturated rings. The van der Waals surface area contributed by atoms with E-state index in [2.05, 4.69) is 55.3 Å². The van der Waals surface area contributed by atoms with E-state index in [1.807, 2.05) is 32.2 Å². The van der Waals surface area contributed by atoms with Crippen molar-refractivity contribution in [1.29, 1.82) is 0 Å². The van der Waals surface area contributed by atoms with Crippen molar-refractivity contribution in [3.05, 3.63) is 59.2 Å². The van der Waals surface area contributed by atoms with Crippen molar-refractivity contribution >= 4 is 12.3 Å². The molecule has 0 heterocycles. The highest BCUT2D eigenvalue weighted by Gasteiger charge is 1.98. The zero-order valence-corrected chi connectivity index (χ0v) is 14.2. The van der Waals surface area contributed by atoms with Crippen molar-refractivity contribution in [2.75, 3.05) is 13.2 Å². The molecule has 0 unspecified atom stereocenters. The number of rotatable bonds is 8. The van der Waals surface area contributed by atoms with Crippen LogP contribution < -0.4 is 4.74 Å². The van der Waals surface area contributed by atoms with Crippen LogP contribution in [0.15, 0.2) is 58.6 Å². The Morgan fingerprint density at radius 3 is 2.41 bits per heavy atom. The molecule has 1 aromatic carbocycles.